The highest BCUT2D eigenvalue weighted by molar-refractivity contribution is 7.86. The minimum absolute atomic E-state index is 0.00598. The van der Waals surface area contributed by atoms with Gasteiger partial charge in [-0.2, -0.15) is 29.8 Å². The van der Waals surface area contributed by atoms with Crippen molar-refractivity contribution in [2.45, 2.75) is 79.4 Å². The molecule has 2 atom stereocenters. The summed E-state index contributed by atoms with van der Waals surface area (Å²) in [4.78, 5) is 12.6. The van der Waals surface area contributed by atoms with E-state index in [9.17, 15) is 48.8 Å². The third-order valence-electron chi connectivity index (χ3n) is 11.7. The lowest BCUT2D eigenvalue weighted by Gasteiger charge is -2.30. The number of hydrogen-bond donors (Lipinski definition) is 4. The van der Waals surface area contributed by atoms with Gasteiger partial charge in [0, 0.05) is 74.7 Å². The SMILES string of the molecule is COCCOCCOCCOCCOCCC1(C)/C(=C\C=C\C2=[N+](CCCCCC(=O)O)c3ccc(S(=O)(=O)O)cc3C2(C)CCCS(=O)(=O)O)N(CCOC)c2ccc(S(=O)(=O)O)cc21. The maximum Gasteiger partial charge on any atom is 0.303 e. The molecule has 0 aromatic heterocycles. The fourth-order valence-corrected chi connectivity index (χ4v) is 9.84. The molecule has 2 heterocycles. The number of fused-ring (bicyclic) bond motifs is 2. The number of rotatable bonds is 32. The van der Waals surface area contributed by atoms with E-state index in [0.29, 0.717) is 120 Å². The zero-order chi connectivity index (χ0) is 48.6. The number of methoxy groups -OCH3 is 2. The summed E-state index contributed by atoms with van der Waals surface area (Å²) >= 11 is 0. The molecular weight excluding hydrogens is 925 g/mol. The van der Waals surface area contributed by atoms with Gasteiger partial charge in [-0.15, -0.1) is 0 Å². The van der Waals surface area contributed by atoms with E-state index in [-0.39, 0.29) is 42.3 Å². The molecule has 4 N–H and O–H groups in total. The second-order valence-corrected chi connectivity index (χ2v) is 20.8. The Morgan fingerprint density at radius 3 is 1.80 bits per heavy atom. The number of carboxylic acid groups (broad SMARTS) is 1. The van der Waals surface area contributed by atoms with Gasteiger partial charge in [-0.25, -0.2) is 0 Å². The second-order valence-electron chi connectivity index (χ2n) is 16.4. The van der Waals surface area contributed by atoms with Crippen molar-refractivity contribution in [2.75, 3.05) is 104 Å². The molecule has 0 saturated heterocycles. The molecule has 2 aromatic carbocycles. The topological polar surface area (TPSA) is 262 Å². The minimum atomic E-state index is -4.65. The summed E-state index contributed by atoms with van der Waals surface area (Å²) in [5.74, 6) is -1.48. The largest absolute Gasteiger partial charge is 0.481 e. The molecule has 66 heavy (non-hydrogen) atoms. The van der Waals surface area contributed by atoms with E-state index in [0.717, 1.165) is 5.70 Å². The number of hydrogen-bond acceptors (Lipinski definition) is 14. The molecule has 22 heteroatoms. The molecule has 0 radical (unpaired) electrons. The Morgan fingerprint density at radius 2 is 1.24 bits per heavy atom. The van der Waals surface area contributed by atoms with Gasteiger partial charge in [0.15, 0.2) is 5.71 Å². The van der Waals surface area contributed by atoms with Gasteiger partial charge in [-0.3, -0.25) is 18.5 Å². The molecule has 4 rings (SSSR count). The first-order valence-electron chi connectivity index (χ1n) is 21.7. The molecule has 0 bridgehead atoms. The predicted octanol–water partition coefficient (Wildman–Crippen LogP) is 4.82. The van der Waals surface area contributed by atoms with E-state index in [2.05, 4.69) is 0 Å². The highest BCUT2D eigenvalue weighted by atomic mass is 32.2. The van der Waals surface area contributed by atoms with Crippen LogP contribution in [0.4, 0.5) is 11.4 Å². The molecule has 0 spiro atoms. The van der Waals surface area contributed by atoms with Crippen LogP contribution in [0.5, 0.6) is 0 Å². The van der Waals surface area contributed by atoms with Crippen LogP contribution in [0.25, 0.3) is 0 Å². The van der Waals surface area contributed by atoms with Crippen LogP contribution < -0.4 is 4.90 Å². The van der Waals surface area contributed by atoms with E-state index in [1.54, 1.807) is 32.4 Å². The maximum absolute atomic E-state index is 12.4. The zero-order valence-corrected chi connectivity index (χ0v) is 40.5. The van der Waals surface area contributed by atoms with Crippen molar-refractivity contribution >= 4 is 53.4 Å². The van der Waals surface area contributed by atoms with Gasteiger partial charge in [0.05, 0.1) is 80.4 Å². The van der Waals surface area contributed by atoms with Crippen LogP contribution in [-0.4, -0.2) is 159 Å². The molecule has 2 aliphatic rings. The highest BCUT2D eigenvalue weighted by Gasteiger charge is 2.48. The van der Waals surface area contributed by atoms with Crippen LogP contribution >= 0.6 is 0 Å². The van der Waals surface area contributed by atoms with E-state index >= 15 is 0 Å². The summed E-state index contributed by atoms with van der Waals surface area (Å²) in [6.07, 6.45) is 7.52. The first-order chi connectivity index (χ1) is 31.2. The lowest BCUT2D eigenvalue weighted by Crippen LogP contribution is -2.33. The van der Waals surface area contributed by atoms with Crippen LogP contribution in [0.3, 0.4) is 0 Å². The van der Waals surface area contributed by atoms with Gasteiger partial charge < -0.3 is 38.4 Å². The van der Waals surface area contributed by atoms with Crippen LogP contribution in [0.15, 0.2) is 70.1 Å². The normalized spacial score (nSPS) is 19.4. The quantitative estimate of drug-likeness (QED) is 0.0435. The Balaban J connectivity index is 1.71. The Labute approximate surface area is 388 Å². The van der Waals surface area contributed by atoms with Crippen molar-refractivity contribution in [3.8, 4) is 0 Å². The van der Waals surface area contributed by atoms with E-state index < -0.39 is 52.9 Å². The summed E-state index contributed by atoms with van der Waals surface area (Å²) in [5, 5.41) is 9.21. The number of ether oxygens (including phenoxy) is 6. The molecule has 2 unspecified atom stereocenters. The number of carboxylic acids is 1. The predicted molar refractivity (Wildman–Crippen MR) is 245 cm³/mol. The van der Waals surface area contributed by atoms with Crippen LogP contribution in [-0.2, 0) is 74.4 Å². The van der Waals surface area contributed by atoms with E-state index in [1.807, 2.05) is 35.5 Å². The highest BCUT2D eigenvalue weighted by Crippen LogP contribution is 2.51. The molecule has 0 aliphatic carbocycles. The Hall–Kier alpha value is -3.65. The second kappa shape index (κ2) is 25.1. The van der Waals surface area contributed by atoms with Crippen molar-refractivity contribution in [2.24, 2.45) is 0 Å². The summed E-state index contributed by atoms with van der Waals surface area (Å²) in [6, 6.07) is 8.63. The molecule has 2 aliphatic heterocycles. The minimum Gasteiger partial charge on any atom is -0.481 e. The fraction of sp³-hybridized carbons (Fsp3) is 0.591. The molecule has 0 amide bonds. The van der Waals surface area contributed by atoms with Gasteiger partial charge >= 0.3 is 5.97 Å². The molecule has 0 saturated carbocycles. The number of carbonyl (C=O) groups is 1. The number of benzene rings is 2. The Morgan fingerprint density at radius 1 is 0.682 bits per heavy atom. The van der Waals surface area contributed by atoms with Gasteiger partial charge in [0.25, 0.3) is 30.4 Å². The summed E-state index contributed by atoms with van der Waals surface area (Å²) < 4.78 is 138. The summed E-state index contributed by atoms with van der Waals surface area (Å²) in [5.41, 5.74) is 1.84. The third-order valence-corrected chi connectivity index (χ3v) is 14.2. The van der Waals surface area contributed by atoms with Gasteiger partial charge in [-0.05, 0) is 87.9 Å². The molecule has 2 aromatic rings. The molecule has 0 fully saturated rings. The first-order valence-corrected chi connectivity index (χ1v) is 26.2. The third kappa shape index (κ3) is 15.4. The molecule has 370 valence electrons. The summed E-state index contributed by atoms with van der Waals surface area (Å²) in [7, 11) is -10.4. The Bertz CT molecular complexity index is 2390. The maximum atomic E-state index is 12.4. The number of aliphatic carboxylic acids is 1. The average molecular weight is 990 g/mol. The number of allylic oxidation sites excluding steroid dienone is 4. The van der Waals surface area contributed by atoms with Crippen LogP contribution in [0.2, 0.25) is 0 Å². The first kappa shape index (κ1) is 55.0. The average Bonchev–Trinajstić information content (AvgIpc) is 3.61. The van der Waals surface area contributed by atoms with Crippen molar-refractivity contribution in [3.63, 3.8) is 0 Å². The van der Waals surface area contributed by atoms with Crippen molar-refractivity contribution in [1.82, 2.24) is 0 Å². The fourth-order valence-electron chi connectivity index (χ4n) is 8.32. The summed E-state index contributed by atoms with van der Waals surface area (Å²) in [6.45, 7) is 8.18. The lowest BCUT2D eigenvalue weighted by molar-refractivity contribution is -0.438. The number of unbranched alkanes of at least 4 members (excludes halogenated alkanes) is 2. The van der Waals surface area contributed by atoms with Gasteiger partial charge in [-0.1, -0.05) is 6.08 Å². The van der Waals surface area contributed by atoms with Crippen molar-refractivity contribution in [1.29, 1.82) is 0 Å². The monoisotopic (exact) mass is 989 g/mol. The van der Waals surface area contributed by atoms with Crippen molar-refractivity contribution in [3.05, 3.63) is 71.5 Å². The van der Waals surface area contributed by atoms with Crippen molar-refractivity contribution < 1.29 is 81.8 Å². The van der Waals surface area contributed by atoms with E-state index in [4.69, 9.17) is 28.4 Å². The number of nitrogens with zero attached hydrogens (tertiary/aromatic N) is 2. The Kier molecular flexibility index (Phi) is 20.9. The molecular formula is C44H65N2O17S3+. The van der Waals surface area contributed by atoms with Crippen LogP contribution in [0.1, 0.15) is 69.9 Å². The number of anilines is 1. The lowest BCUT2D eigenvalue weighted by atomic mass is 9.75. The van der Waals surface area contributed by atoms with Gasteiger partial charge in [0.2, 0.25) is 5.69 Å². The van der Waals surface area contributed by atoms with E-state index in [1.165, 1.54) is 24.3 Å². The standard InChI is InChI=1S/C44H64N2O17S3/c1-43(17-9-31-64(49,50)51)36-32-34(65(52,53)54)13-15-38(36)45(19-7-5-6-12-42(47)48)40(43)10-8-11-41-44(2,18-21-60-25-26-62-29-30-63-28-27-61-24-23-59-4)37-33-35(66(55,56)57)14-16-39(37)46(41)20-22-58-3/h8,10-11,13-16,32-33H,5-7,9,12,17-31H2,1-4H3,(H3-,47,48,49,50,51,52,53,54,55,56,57)/p+1. The molecule has 19 nitrogen and oxygen atoms in total. The smallest absolute Gasteiger partial charge is 0.303 e. The zero-order valence-electron chi connectivity index (χ0n) is 38.1. The van der Waals surface area contributed by atoms with Crippen LogP contribution in [0, 0.1) is 0 Å². The van der Waals surface area contributed by atoms with Gasteiger partial charge in [0.1, 0.15) is 6.54 Å².